The normalized spacial score (nSPS) is 10.9. The summed E-state index contributed by atoms with van der Waals surface area (Å²) < 4.78 is 1.44. The Kier molecular flexibility index (Phi) is 3.38. The largest absolute Gasteiger partial charge is 0.506 e. The van der Waals surface area contributed by atoms with Gasteiger partial charge in [-0.15, -0.1) is 11.3 Å². The Hall–Kier alpha value is -1.82. The monoisotopic (exact) mass is 267 g/mol. The molecule has 0 spiro atoms. The lowest BCUT2D eigenvalue weighted by molar-refractivity contribution is 0.0691. The standard InChI is InChI=1S/C12H13NO4S/c1-2-3-5-13-10(15)8(12(16)17)9(14)7-4-6-18-11(7)13/h4,6,14H,2-3,5H2,1H3,(H,16,17). The van der Waals surface area contributed by atoms with Gasteiger partial charge in [0.2, 0.25) is 0 Å². The van der Waals surface area contributed by atoms with Crippen LogP contribution in [0.15, 0.2) is 16.2 Å². The van der Waals surface area contributed by atoms with Crippen LogP contribution in [0.4, 0.5) is 0 Å². The van der Waals surface area contributed by atoms with Crippen molar-refractivity contribution in [1.82, 2.24) is 4.57 Å². The van der Waals surface area contributed by atoms with Crippen LogP contribution in [0.25, 0.3) is 10.2 Å². The molecule has 18 heavy (non-hydrogen) atoms. The molecule has 0 radical (unpaired) electrons. The predicted molar refractivity (Wildman–Crippen MR) is 69.6 cm³/mol. The number of hydrogen-bond acceptors (Lipinski definition) is 4. The Balaban J connectivity index is 2.78. The molecule has 0 aliphatic heterocycles. The number of carbonyl (C=O) groups is 1. The van der Waals surface area contributed by atoms with Crippen molar-refractivity contribution in [3.63, 3.8) is 0 Å². The molecule has 6 heteroatoms. The number of aryl methyl sites for hydroxylation is 1. The molecule has 2 heterocycles. The van der Waals surface area contributed by atoms with Gasteiger partial charge in [-0.25, -0.2) is 4.79 Å². The molecule has 0 fully saturated rings. The van der Waals surface area contributed by atoms with E-state index in [-0.39, 0.29) is 0 Å². The molecule has 0 saturated carbocycles. The van der Waals surface area contributed by atoms with Gasteiger partial charge in [-0.3, -0.25) is 9.36 Å². The van der Waals surface area contributed by atoms with Crippen LogP contribution in [-0.4, -0.2) is 20.7 Å². The highest BCUT2D eigenvalue weighted by molar-refractivity contribution is 7.16. The molecule has 0 saturated heterocycles. The zero-order valence-corrected chi connectivity index (χ0v) is 10.7. The molecule has 96 valence electrons. The number of aromatic carboxylic acids is 1. The van der Waals surface area contributed by atoms with Crippen molar-refractivity contribution in [2.45, 2.75) is 26.3 Å². The van der Waals surface area contributed by atoms with Crippen LogP contribution in [0, 0.1) is 0 Å². The molecule has 0 amide bonds. The van der Waals surface area contributed by atoms with E-state index < -0.39 is 22.8 Å². The van der Waals surface area contributed by atoms with Gasteiger partial charge >= 0.3 is 5.97 Å². The Labute approximate surface area is 107 Å². The van der Waals surface area contributed by atoms with Crippen LogP contribution in [0.2, 0.25) is 0 Å². The third kappa shape index (κ3) is 1.88. The van der Waals surface area contributed by atoms with Gasteiger partial charge in [0.25, 0.3) is 5.56 Å². The first-order valence-corrected chi connectivity index (χ1v) is 6.52. The Morgan fingerprint density at radius 1 is 1.50 bits per heavy atom. The van der Waals surface area contributed by atoms with Crippen molar-refractivity contribution in [1.29, 1.82) is 0 Å². The molecule has 2 N–H and O–H groups in total. The second-order valence-electron chi connectivity index (χ2n) is 3.98. The van der Waals surface area contributed by atoms with Crippen LogP contribution in [0.1, 0.15) is 30.1 Å². The molecule has 2 aromatic heterocycles. The van der Waals surface area contributed by atoms with Crippen molar-refractivity contribution in [3.05, 3.63) is 27.4 Å². The molecule has 0 aromatic carbocycles. The Bertz CT molecular complexity index is 656. The number of carboxylic acids is 1. The summed E-state index contributed by atoms with van der Waals surface area (Å²) in [5.74, 6) is -1.83. The van der Waals surface area contributed by atoms with Crippen LogP contribution in [0.5, 0.6) is 5.75 Å². The number of unbranched alkanes of at least 4 members (excludes halogenated alkanes) is 1. The average Bonchev–Trinajstić information content (AvgIpc) is 2.77. The van der Waals surface area contributed by atoms with E-state index in [1.807, 2.05) is 6.92 Å². The number of carboxylic acid groups (broad SMARTS) is 1. The fourth-order valence-corrected chi connectivity index (χ4v) is 2.79. The fraction of sp³-hybridized carbons (Fsp3) is 0.333. The number of aromatic nitrogens is 1. The van der Waals surface area contributed by atoms with Gasteiger partial charge in [0.05, 0.1) is 5.39 Å². The second kappa shape index (κ2) is 4.81. The minimum atomic E-state index is -1.39. The number of thiophene rings is 1. The van der Waals surface area contributed by atoms with Gasteiger partial charge in [-0.2, -0.15) is 0 Å². The van der Waals surface area contributed by atoms with Crippen LogP contribution >= 0.6 is 11.3 Å². The van der Waals surface area contributed by atoms with E-state index in [4.69, 9.17) is 5.11 Å². The van der Waals surface area contributed by atoms with Gasteiger partial charge < -0.3 is 10.2 Å². The average molecular weight is 267 g/mol. The number of rotatable bonds is 4. The molecule has 2 aromatic rings. The smallest absolute Gasteiger partial charge is 0.345 e. The number of aromatic hydroxyl groups is 1. The summed E-state index contributed by atoms with van der Waals surface area (Å²) in [4.78, 5) is 23.8. The third-order valence-corrected chi connectivity index (χ3v) is 3.73. The summed E-state index contributed by atoms with van der Waals surface area (Å²) in [5.41, 5.74) is -1.18. The highest BCUT2D eigenvalue weighted by atomic mass is 32.1. The maximum atomic E-state index is 12.1. The first kappa shape index (κ1) is 12.6. The summed E-state index contributed by atoms with van der Waals surface area (Å²) in [6.07, 6.45) is 1.69. The van der Waals surface area contributed by atoms with E-state index in [9.17, 15) is 14.7 Å². The van der Waals surface area contributed by atoms with Gasteiger partial charge in [0.15, 0.2) is 5.56 Å². The lowest BCUT2D eigenvalue weighted by atomic mass is 10.2. The van der Waals surface area contributed by atoms with Gasteiger partial charge in [-0.1, -0.05) is 13.3 Å². The van der Waals surface area contributed by atoms with E-state index in [0.29, 0.717) is 16.8 Å². The first-order valence-electron chi connectivity index (χ1n) is 5.64. The zero-order valence-electron chi connectivity index (χ0n) is 9.84. The Morgan fingerprint density at radius 2 is 2.22 bits per heavy atom. The van der Waals surface area contributed by atoms with Crippen molar-refractivity contribution in [2.24, 2.45) is 0 Å². The minimum absolute atomic E-state index is 0.424. The SMILES string of the molecule is CCCCn1c(=O)c(C(=O)O)c(O)c2ccsc21. The molecule has 0 bridgehead atoms. The van der Waals surface area contributed by atoms with E-state index in [0.717, 1.165) is 12.8 Å². The van der Waals surface area contributed by atoms with Gasteiger partial charge in [0.1, 0.15) is 10.6 Å². The van der Waals surface area contributed by atoms with Crippen LogP contribution in [0.3, 0.4) is 0 Å². The molecular formula is C12H13NO4S. The maximum Gasteiger partial charge on any atom is 0.345 e. The van der Waals surface area contributed by atoms with E-state index in [1.165, 1.54) is 15.9 Å². The topological polar surface area (TPSA) is 79.5 Å². The molecule has 2 rings (SSSR count). The fourth-order valence-electron chi connectivity index (χ4n) is 1.87. The predicted octanol–water partition coefficient (Wildman–Crippen LogP) is 2.27. The molecule has 0 unspecified atom stereocenters. The summed E-state index contributed by atoms with van der Waals surface area (Å²) in [7, 11) is 0. The lowest BCUT2D eigenvalue weighted by Gasteiger charge is -2.09. The number of nitrogens with zero attached hydrogens (tertiary/aromatic N) is 1. The van der Waals surface area contributed by atoms with E-state index >= 15 is 0 Å². The summed E-state index contributed by atoms with van der Waals surface area (Å²) >= 11 is 1.32. The second-order valence-corrected chi connectivity index (χ2v) is 4.87. The Morgan fingerprint density at radius 3 is 2.83 bits per heavy atom. The number of fused-ring (bicyclic) bond motifs is 1. The molecular weight excluding hydrogens is 254 g/mol. The zero-order chi connectivity index (χ0) is 13.3. The molecule has 0 aliphatic carbocycles. The minimum Gasteiger partial charge on any atom is -0.506 e. The molecule has 0 aliphatic rings. The maximum absolute atomic E-state index is 12.1. The molecule has 0 atom stereocenters. The van der Waals surface area contributed by atoms with Crippen molar-refractivity contribution in [2.75, 3.05) is 0 Å². The lowest BCUT2D eigenvalue weighted by Crippen LogP contribution is -2.26. The highest BCUT2D eigenvalue weighted by Crippen LogP contribution is 2.30. The van der Waals surface area contributed by atoms with Crippen molar-refractivity contribution in [3.8, 4) is 5.75 Å². The summed E-state index contributed by atoms with van der Waals surface area (Å²) in [6.45, 7) is 2.46. The molecule has 5 nitrogen and oxygen atoms in total. The number of pyridine rings is 1. The van der Waals surface area contributed by atoms with Gasteiger partial charge in [-0.05, 0) is 17.9 Å². The number of hydrogen-bond donors (Lipinski definition) is 2. The van der Waals surface area contributed by atoms with Gasteiger partial charge in [0, 0.05) is 6.54 Å². The summed E-state index contributed by atoms with van der Waals surface area (Å²) in [5, 5.41) is 21.0. The van der Waals surface area contributed by atoms with Crippen molar-refractivity contribution >= 4 is 27.5 Å². The van der Waals surface area contributed by atoms with Crippen LogP contribution in [-0.2, 0) is 6.54 Å². The van der Waals surface area contributed by atoms with E-state index in [2.05, 4.69) is 0 Å². The van der Waals surface area contributed by atoms with Crippen LogP contribution < -0.4 is 5.56 Å². The third-order valence-electron chi connectivity index (χ3n) is 2.79. The summed E-state index contributed by atoms with van der Waals surface area (Å²) in [6, 6.07) is 1.63. The first-order chi connectivity index (χ1) is 8.57. The quantitative estimate of drug-likeness (QED) is 0.890. The van der Waals surface area contributed by atoms with E-state index in [1.54, 1.807) is 11.4 Å². The highest BCUT2D eigenvalue weighted by Gasteiger charge is 2.21. The van der Waals surface area contributed by atoms with Crippen molar-refractivity contribution < 1.29 is 15.0 Å².